The molecule has 0 spiro atoms. The standard InChI is InChI=1S/C14H10F2O2/c1-9-6-10(8-17)2-5-14(9)18-11-3-4-12(15)13(16)7-11/h2-8H,1H3. The van der Waals surface area contributed by atoms with Crippen molar-refractivity contribution >= 4 is 6.29 Å². The molecule has 0 bridgehead atoms. The quantitative estimate of drug-likeness (QED) is 0.770. The molecule has 0 aliphatic heterocycles. The van der Waals surface area contributed by atoms with Gasteiger partial charge in [-0.05, 0) is 42.8 Å². The summed E-state index contributed by atoms with van der Waals surface area (Å²) in [5.41, 5.74) is 1.27. The highest BCUT2D eigenvalue weighted by Gasteiger charge is 2.06. The van der Waals surface area contributed by atoms with Crippen LogP contribution in [0.4, 0.5) is 8.78 Å². The maximum atomic E-state index is 13.0. The summed E-state index contributed by atoms with van der Waals surface area (Å²) in [5.74, 6) is -1.19. The number of hydrogen-bond donors (Lipinski definition) is 0. The third kappa shape index (κ3) is 2.53. The Hall–Kier alpha value is -2.23. The van der Waals surface area contributed by atoms with E-state index in [0.29, 0.717) is 11.3 Å². The SMILES string of the molecule is Cc1cc(C=O)ccc1Oc1ccc(F)c(F)c1. The molecule has 92 valence electrons. The van der Waals surface area contributed by atoms with Crippen molar-refractivity contribution in [3.05, 3.63) is 59.2 Å². The van der Waals surface area contributed by atoms with E-state index >= 15 is 0 Å². The second-order valence-electron chi connectivity index (χ2n) is 3.82. The van der Waals surface area contributed by atoms with E-state index in [2.05, 4.69) is 0 Å². The predicted octanol–water partition coefficient (Wildman–Crippen LogP) is 3.88. The van der Waals surface area contributed by atoms with E-state index in [9.17, 15) is 13.6 Å². The number of hydrogen-bond acceptors (Lipinski definition) is 2. The van der Waals surface area contributed by atoms with Crippen molar-refractivity contribution in [1.82, 2.24) is 0 Å². The first-order chi connectivity index (χ1) is 8.60. The number of aldehydes is 1. The third-order valence-electron chi connectivity index (χ3n) is 2.45. The first kappa shape index (κ1) is 12.2. The molecule has 2 aromatic carbocycles. The summed E-state index contributed by atoms with van der Waals surface area (Å²) in [6.07, 6.45) is 0.730. The van der Waals surface area contributed by atoms with Crippen molar-refractivity contribution in [3.8, 4) is 11.5 Å². The molecule has 0 saturated heterocycles. The maximum Gasteiger partial charge on any atom is 0.162 e. The van der Waals surface area contributed by atoms with Crippen LogP contribution in [0.25, 0.3) is 0 Å². The average molecular weight is 248 g/mol. The number of carbonyl (C=O) groups is 1. The minimum absolute atomic E-state index is 0.204. The zero-order valence-electron chi connectivity index (χ0n) is 9.61. The lowest BCUT2D eigenvalue weighted by Gasteiger charge is -2.09. The molecular weight excluding hydrogens is 238 g/mol. The van der Waals surface area contributed by atoms with E-state index in [4.69, 9.17) is 4.74 Å². The monoisotopic (exact) mass is 248 g/mol. The van der Waals surface area contributed by atoms with Gasteiger partial charge in [0.2, 0.25) is 0 Å². The summed E-state index contributed by atoms with van der Waals surface area (Å²) < 4.78 is 31.2. The highest BCUT2D eigenvalue weighted by molar-refractivity contribution is 5.75. The molecule has 0 atom stereocenters. The fourth-order valence-corrected chi connectivity index (χ4v) is 1.53. The predicted molar refractivity (Wildman–Crippen MR) is 63.0 cm³/mol. The minimum atomic E-state index is -0.963. The Morgan fingerprint density at radius 2 is 1.83 bits per heavy atom. The molecule has 0 aliphatic rings. The molecule has 0 radical (unpaired) electrons. The van der Waals surface area contributed by atoms with E-state index in [-0.39, 0.29) is 5.75 Å². The molecule has 0 heterocycles. The molecule has 0 amide bonds. The molecule has 0 aromatic heterocycles. The molecule has 2 aromatic rings. The first-order valence-corrected chi connectivity index (χ1v) is 5.29. The Morgan fingerprint density at radius 1 is 1.06 bits per heavy atom. The average Bonchev–Trinajstić information content (AvgIpc) is 2.36. The topological polar surface area (TPSA) is 26.3 Å². The Balaban J connectivity index is 2.28. The summed E-state index contributed by atoms with van der Waals surface area (Å²) >= 11 is 0. The molecule has 0 fully saturated rings. The molecule has 0 unspecified atom stereocenters. The number of halogens is 2. The third-order valence-corrected chi connectivity index (χ3v) is 2.45. The number of aryl methyl sites for hydroxylation is 1. The molecule has 18 heavy (non-hydrogen) atoms. The second kappa shape index (κ2) is 4.96. The summed E-state index contributed by atoms with van der Waals surface area (Å²) in [4.78, 5) is 10.6. The van der Waals surface area contributed by atoms with Crippen LogP contribution in [0.5, 0.6) is 11.5 Å². The Morgan fingerprint density at radius 3 is 2.44 bits per heavy atom. The zero-order chi connectivity index (χ0) is 13.1. The van der Waals surface area contributed by atoms with Crippen LogP contribution < -0.4 is 4.74 Å². The van der Waals surface area contributed by atoms with E-state index in [1.165, 1.54) is 6.07 Å². The van der Waals surface area contributed by atoms with Gasteiger partial charge in [-0.15, -0.1) is 0 Å². The van der Waals surface area contributed by atoms with Gasteiger partial charge in [0.1, 0.15) is 17.8 Å². The lowest BCUT2D eigenvalue weighted by Crippen LogP contribution is -1.91. The van der Waals surface area contributed by atoms with Gasteiger partial charge in [0, 0.05) is 11.6 Å². The van der Waals surface area contributed by atoms with Crippen molar-refractivity contribution < 1.29 is 18.3 Å². The van der Waals surface area contributed by atoms with Crippen LogP contribution in [0, 0.1) is 18.6 Å². The lowest BCUT2D eigenvalue weighted by atomic mass is 10.1. The van der Waals surface area contributed by atoms with Crippen molar-refractivity contribution in [2.75, 3.05) is 0 Å². The van der Waals surface area contributed by atoms with E-state index in [0.717, 1.165) is 24.0 Å². The van der Waals surface area contributed by atoms with Gasteiger partial charge < -0.3 is 4.74 Å². The number of rotatable bonds is 3. The normalized spacial score (nSPS) is 10.2. The Bertz CT molecular complexity index is 594. The molecule has 0 N–H and O–H groups in total. The van der Waals surface area contributed by atoms with E-state index in [1.807, 2.05) is 0 Å². The zero-order valence-corrected chi connectivity index (χ0v) is 9.61. The van der Waals surface area contributed by atoms with Crippen LogP contribution in [0.2, 0.25) is 0 Å². The molecule has 0 saturated carbocycles. The number of benzene rings is 2. The second-order valence-corrected chi connectivity index (χ2v) is 3.82. The number of ether oxygens (including phenoxy) is 1. The highest BCUT2D eigenvalue weighted by atomic mass is 19.2. The lowest BCUT2D eigenvalue weighted by molar-refractivity contribution is 0.112. The van der Waals surface area contributed by atoms with Gasteiger partial charge in [0.15, 0.2) is 11.6 Å². The van der Waals surface area contributed by atoms with Gasteiger partial charge in [-0.25, -0.2) is 8.78 Å². The van der Waals surface area contributed by atoms with Gasteiger partial charge >= 0.3 is 0 Å². The van der Waals surface area contributed by atoms with Crippen molar-refractivity contribution in [3.63, 3.8) is 0 Å². The number of carbonyl (C=O) groups excluding carboxylic acids is 1. The van der Waals surface area contributed by atoms with Crippen LogP contribution in [-0.4, -0.2) is 6.29 Å². The summed E-state index contributed by atoms with van der Waals surface area (Å²) in [6, 6.07) is 8.17. The Kier molecular flexibility index (Phi) is 3.37. The molecule has 2 rings (SSSR count). The molecule has 4 heteroatoms. The van der Waals surface area contributed by atoms with Gasteiger partial charge in [-0.2, -0.15) is 0 Å². The smallest absolute Gasteiger partial charge is 0.162 e. The Labute approximate surface area is 103 Å². The van der Waals surface area contributed by atoms with Gasteiger partial charge in [0.05, 0.1) is 0 Å². The highest BCUT2D eigenvalue weighted by Crippen LogP contribution is 2.26. The first-order valence-electron chi connectivity index (χ1n) is 5.29. The molecule has 0 aliphatic carbocycles. The molecular formula is C14H10F2O2. The van der Waals surface area contributed by atoms with Crippen LogP contribution in [-0.2, 0) is 0 Å². The summed E-state index contributed by atoms with van der Waals surface area (Å²) in [7, 11) is 0. The van der Waals surface area contributed by atoms with Gasteiger partial charge in [-0.3, -0.25) is 4.79 Å². The van der Waals surface area contributed by atoms with Crippen molar-refractivity contribution in [2.45, 2.75) is 6.92 Å². The maximum absolute atomic E-state index is 13.0. The summed E-state index contributed by atoms with van der Waals surface area (Å²) in [5, 5.41) is 0. The summed E-state index contributed by atoms with van der Waals surface area (Å²) in [6.45, 7) is 1.77. The fourth-order valence-electron chi connectivity index (χ4n) is 1.53. The molecule has 2 nitrogen and oxygen atoms in total. The van der Waals surface area contributed by atoms with Crippen LogP contribution >= 0.6 is 0 Å². The fraction of sp³-hybridized carbons (Fsp3) is 0.0714. The van der Waals surface area contributed by atoms with E-state index < -0.39 is 11.6 Å². The largest absolute Gasteiger partial charge is 0.457 e. The van der Waals surface area contributed by atoms with Crippen molar-refractivity contribution in [2.24, 2.45) is 0 Å². The minimum Gasteiger partial charge on any atom is -0.457 e. The van der Waals surface area contributed by atoms with Gasteiger partial charge in [0.25, 0.3) is 0 Å². The van der Waals surface area contributed by atoms with Crippen LogP contribution in [0.3, 0.4) is 0 Å². The van der Waals surface area contributed by atoms with E-state index in [1.54, 1.807) is 25.1 Å². The van der Waals surface area contributed by atoms with Crippen LogP contribution in [0.1, 0.15) is 15.9 Å². The van der Waals surface area contributed by atoms with Crippen molar-refractivity contribution in [1.29, 1.82) is 0 Å². The van der Waals surface area contributed by atoms with Gasteiger partial charge in [-0.1, -0.05) is 0 Å². The van der Waals surface area contributed by atoms with Crippen LogP contribution in [0.15, 0.2) is 36.4 Å².